The Bertz CT molecular complexity index is 1290. The molecule has 11 heteroatoms. The Morgan fingerprint density at radius 2 is 1.91 bits per heavy atom. The Balaban J connectivity index is 1.57. The van der Waals surface area contributed by atoms with Gasteiger partial charge in [0, 0.05) is 18.3 Å². The number of hydrogen-bond acceptors (Lipinski definition) is 6. The van der Waals surface area contributed by atoms with Gasteiger partial charge in [0.05, 0.1) is 10.9 Å². The van der Waals surface area contributed by atoms with Gasteiger partial charge in [-0.05, 0) is 56.0 Å². The SMILES string of the molecule is Cc1ccc(C)c(S(=O)(=O)N2CCC[C@H]2c2nnc(C(=O)Nc3ccc(F)c(F)c3)s2)c1. The van der Waals surface area contributed by atoms with E-state index in [1.165, 1.54) is 10.4 Å². The smallest absolute Gasteiger partial charge is 0.286 e. The first-order valence-corrected chi connectivity index (χ1v) is 12.1. The molecule has 1 aliphatic heterocycles. The summed E-state index contributed by atoms with van der Waals surface area (Å²) in [6.45, 7) is 3.93. The minimum absolute atomic E-state index is 0.000664. The second kappa shape index (κ2) is 8.64. The van der Waals surface area contributed by atoms with Crippen LogP contribution in [0.4, 0.5) is 14.5 Å². The van der Waals surface area contributed by atoms with Gasteiger partial charge in [0.2, 0.25) is 15.0 Å². The van der Waals surface area contributed by atoms with E-state index in [4.69, 9.17) is 0 Å². The number of sulfonamides is 1. The molecule has 3 aromatic rings. The summed E-state index contributed by atoms with van der Waals surface area (Å²) < 4.78 is 54.6. The zero-order chi connectivity index (χ0) is 23.0. The van der Waals surface area contributed by atoms with Crippen molar-refractivity contribution in [3.05, 3.63) is 69.2 Å². The number of benzene rings is 2. The topological polar surface area (TPSA) is 92.3 Å². The lowest BCUT2D eigenvalue weighted by Crippen LogP contribution is -2.31. The molecule has 4 rings (SSSR count). The van der Waals surface area contributed by atoms with Gasteiger partial charge in [-0.25, -0.2) is 17.2 Å². The molecule has 1 fully saturated rings. The highest BCUT2D eigenvalue weighted by Crippen LogP contribution is 2.38. The molecule has 1 atom stereocenters. The Hall–Kier alpha value is -2.76. The van der Waals surface area contributed by atoms with E-state index in [1.54, 1.807) is 19.1 Å². The Morgan fingerprint density at radius 3 is 2.66 bits per heavy atom. The minimum Gasteiger partial charge on any atom is -0.320 e. The van der Waals surface area contributed by atoms with Gasteiger partial charge in [-0.1, -0.05) is 23.5 Å². The van der Waals surface area contributed by atoms with Crippen molar-refractivity contribution in [2.45, 2.75) is 37.6 Å². The van der Waals surface area contributed by atoms with Gasteiger partial charge in [0.15, 0.2) is 11.6 Å². The molecule has 168 valence electrons. The maximum Gasteiger partial charge on any atom is 0.286 e. The van der Waals surface area contributed by atoms with Crippen LogP contribution in [0, 0.1) is 25.5 Å². The molecule has 1 N–H and O–H groups in total. The van der Waals surface area contributed by atoms with Gasteiger partial charge < -0.3 is 5.32 Å². The fraction of sp³-hybridized carbons (Fsp3) is 0.286. The van der Waals surface area contributed by atoms with Crippen molar-refractivity contribution >= 4 is 33.0 Å². The minimum atomic E-state index is -3.76. The Kier molecular flexibility index (Phi) is 6.06. The molecule has 32 heavy (non-hydrogen) atoms. The van der Waals surface area contributed by atoms with Gasteiger partial charge in [0.25, 0.3) is 5.91 Å². The van der Waals surface area contributed by atoms with Gasteiger partial charge in [-0.2, -0.15) is 4.31 Å². The summed E-state index contributed by atoms with van der Waals surface area (Å²) in [5.74, 6) is -2.74. The molecular formula is C21H20F2N4O3S2. The molecule has 2 aromatic carbocycles. The zero-order valence-corrected chi connectivity index (χ0v) is 18.9. The third-order valence-corrected chi connectivity index (χ3v) is 8.30. The third-order valence-electron chi connectivity index (χ3n) is 5.23. The molecule has 0 bridgehead atoms. The highest BCUT2D eigenvalue weighted by molar-refractivity contribution is 7.89. The molecule has 0 radical (unpaired) electrons. The van der Waals surface area contributed by atoms with Crippen LogP contribution in [-0.2, 0) is 10.0 Å². The summed E-state index contributed by atoms with van der Waals surface area (Å²) in [7, 11) is -3.76. The number of nitrogens with one attached hydrogen (secondary N) is 1. The summed E-state index contributed by atoms with van der Waals surface area (Å²) in [6, 6.07) is 7.77. The van der Waals surface area contributed by atoms with Gasteiger partial charge in [-0.15, -0.1) is 10.2 Å². The highest BCUT2D eigenvalue weighted by Gasteiger charge is 2.39. The van der Waals surface area contributed by atoms with Crippen molar-refractivity contribution in [1.82, 2.24) is 14.5 Å². The van der Waals surface area contributed by atoms with Crippen LogP contribution in [0.25, 0.3) is 0 Å². The molecule has 0 unspecified atom stereocenters. The van der Waals surface area contributed by atoms with E-state index < -0.39 is 33.6 Å². The summed E-state index contributed by atoms with van der Waals surface area (Å²) in [6.07, 6.45) is 1.22. The quantitative estimate of drug-likeness (QED) is 0.593. The summed E-state index contributed by atoms with van der Waals surface area (Å²) in [5.41, 5.74) is 1.58. The second-order valence-electron chi connectivity index (χ2n) is 7.57. The van der Waals surface area contributed by atoms with Crippen molar-refractivity contribution in [1.29, 1.82) is 0 Å². The zero-order valence-electron chi connectivity index (χ0n) is 17.3. The number of anilines is 1. The number of halogens is 2. The standard InChI is InChI=1S/C21H20F2N4O3S2/c1-12-5-6-13(2)18(10-12)32(29,30)27-9-3-4-17(27)20-25-26-21(31-20)19(28)24-14-7-8-15(22)16(23)11-14/h5-8,10-11,17H,3-4,9H2,1-2H3,(H,24,28)/t17-/m0/s1. The number of carbonyl (C=O) groups is 1. The van der Waals surface area contributed by atoms with Gasteiger partial charge in [-0.3, -0.25) is 4.79 Å². The fourth-order valence-corrected chi connectivity index (χ4v) is 6.53. The number of carbonyl (C=O) groups excluding carboxylic acids is 1. The summed E-state index contributed by atoms with van der Waals surface area (Å²) in [5, 5.41) is 10.8. The van der Waals surface area contributed by atoms with Crippen molar-refractivity contribution in [2.75, 3.05) is 11.9 Å². The van der Waals surface area contributed by atoms with Crippen LogP contribution in [0.2, 0.25) is 0 Å². The molecule has 7 nitrogen and oxygen atoms in total. The van der Waals surface area contributed by atoms with Crippen molar-refractivity contribution < 1.29 is 22.0 Å². The van der Waals surface area contributed by atoms with Gasteiger partial charge in [0.1, 0.15) is 5.01 Å². The van der Waals surface area contributed by atoms with Crippen LogP contribution < -0.4 is 5.32 Å². The van der Waals surface area contributed by atoms with Gasteiger partial charge >= 0.3 is 0 Å². The summed E-state index contributed by atoms with van der Waals surface area (Å²) in [4.78, 5) is 12.7. The Morgan fingerprint density at radius 1 is 1.12 bits per heavy atom. The molecule has 1 aromatic heterocycles. The monoisotopic (exact) mass is 478 g/mol. The molecular weight excluding hydrogens is 458 g/mol. The van der Waals surface area contributed by atoms with Crippen LogP contribution in [-0.4, -0.2) is 35.4 Å². The van der Waals surface area contributed by atoms with E-state index >= 15 is 0 Å². The largest absolute Gasteiger partial charge is 0.320 e. The van der Waals surface area contributed by atoms with Crippen LogP contribution in [0.1, 0.15) is 44.8 Å². The van der Waals surface area contributed by atoms with Crippen LogP contribution in [0.3, 0.4) is 0 Å². The van der Waals surface area contributed by atoms with Crippen molar-refractivity contribution in [3.63, 3.8) is 0 Å². The van der Waals surface area contributed by atoms with Crippen LogP contribution in [0.5, 0.6) is 0 Å². The number of hydrogen-bond donors (Lipinski definition) is 1. The number of amides is 1. The number of rotatable bonds is 5. The normalized spacial score (nSPS) is 16.9. The van der Waals surface area contributed by atoms with E-state index in [0.29, 0.717) is 30.0 Å². The van der Waals surface area contributed by atoms with E-state index in [-0.39, 0.29) is 15.6 Å². The number of aromatic nitrogens is 2. The third kappa shape index (κ3) is 4.27. The average Bonchev–Trinajstić information content (AvgIpc) is 3.42. The van der Waals surface area contributed by atoms with E-state index in [2.05, 4.69) is 15.5 Å². The van der Waals surface area contributed by atoms with Crippen molar-refractivity contribution in [3.8, 4) is 0 Å². The predicted molar refractivity (Wildman–Crippen MR) is 116 cm³/mol. The molecule has 2 heterocycles. The van der Waals surface area contributed by atoms with Crippen LogP contribution in [0.15, 0.2) is 41.3 Å². The molecule has 1 saturated heterocycles. The fourth-order valence-electron chi connectivity index (χ4n) is 3.61. The second-order valence-corrected chi connectivity index (χ2v) is 10.4. The maximum absolute atomic E-state index is 13.4. The van der Waals surface area contributed by atoms with E-state index in [0.717, 1.165) is 29.0 Å². The highest BCUT2D eigenvalue weighted by atomic mass is 32.2. The first kappa shape index (κ1) is 22.4. The first-order chi connectivity index (χ1) is 15.2. The summed E-state index contributed by atoms with van der Waals surface area (Å²) >= 11 is 0.979. The van der Waals surface area contributed by atoms with Crippen molar-refractivity contribution in [2.24, 2.45) is 0 Å². The Labute approximate surface area is 188 Å². The molecule has 0 saturated carbocycles. The first-order valence-electron chi connectivity index (χ1n) is 9.85. The lowest BCUT2D eigenvalue weighted by Gasteiger charge is -2.23. The maximum atomic E-state index is 13.4. The molecule has 0 aliphatic carbocycles. The van der Waals surface area contributed by atoms with E-state index in [1.807, 2.05) is 13.0 Å². The van der Waals surface area contributed by atoms with E-state index in [9.17, 15) is 22.0 Å². The van der Waals surface area contributed by atoms with Crippen LogP contribution >= 0.6 is 11.3 Å². The number of aryl methyl sites for hydroxylation is 2. The predicted octanol–water partition coefficient (Wildman–Crippen LogP) is 4.21. The number of nitrogens with zero attached hydrogens (tertiary/aromatic N) is 3. The molecule has 0 spiro atoms. The lowest BCUT2D eigenvalue weighted by molar-refractivity contribution is 0.102. The molecule has 1 aliphatic rings. The lowest BCUT2D eigenvalue weighted by atomic mass is 10.2. The molecule has 1 amide bonds. The average molecular weight is 479 g/mol.